The number of amides is 1. The maximum Gasteiger partial charge on any atom is 0.392 e. The number of hydrogen-bond acceptors (Lipinski definition) is 9. The zero-order valence-electron chi connectivity index (χ0n) is 17.9. The minimum Gasteiger partial charge on any atom is -0.460 e. The third kappa shape index (κ3) is 4.14. The van der Waals surface area contributed by atoms with Crippen LogP contribution in [0.5, 0.6) is 0 Å². The first-order valence-corrected chi connectivity index (χ1v) is 10.7. The number of benzene rings is 1. The van der Waals surface area contributed by atoms with Crippen molar-refractivity contribution in [3.8, 4) is 6.07 Å². The molecule has 5 rings (SSSR count). The molecule has 34 heavy (non-hydrogen) atoms. The van der Waals surface area contributed by atoms with Crippen molar-refractivity contribution < 1.29 is 22.9 Å². The van der Waals surface area contributed by atoms with Gasteiger partial charge in [0.1, 0.15) is 35.7 Å². The summed E-state index contributed by atoms with van der Waals surface area (Å²) >= 11 is 0. The number of allylic oxidation sites excluding steroid dienone is 1. The number of nitrogens with one attached hydrogen (secondary N) is 3. The summed E-state index contributed by atoms with van der Waals surface area (Å²) in [5.41, 5.74) is 5.44. The van der Waals surface area contributed by atoms with Crippen LogP contribution >= 0.6 is 0 Å². The Morgan fingerprint density at radius 1 is 1.35 bits per heavy atom. The fraction of sp³-hybridized carbons (Fsp3) is 0.273. The van der Waals surface area contributed by atoms with Gasteiger partial charge in [0, 0.05) is 6.54 Å². The SMILES string of the molecule is N#Cc1c(F)ccc(C2=CN3C=C[N+](C(=O)C[C@@H]4CCC(N5C=NNN5)NC4)=CC3=CO2)c1F. The largest absolute Gasteiger partial charge is 0.460 e. The van der Waals surface area contributed by atoms with Crippen LogP contribution in [0.4, 0.5) is 8.78 Å². The molecule has 4 aliphatic rings. The number of carbonyl (C=O) groups is 1. The number of hydrazine groups is 2. The van der Waals surface area contributed by atoms with Crippen LogP contribution in [0.1, 0.15) is 30.4 Å². The van der Waals surface area contributed by atoms with Gasteiger partial charge in [0.15, 0.2) is 17.8 Å². The number of nitriles is 1. The molecule has 2 atom stereocenters. The molecule has 1 saturated heterocycles. The Kier molecular flexibility index (Phi) is 5.79. The van der Waals surface area contributed by atoms with Crippen LogP contribution in [0, 0.1) is 28.9 Å². The Bertz CT molecular complexity index is 1210. The van der Waals surface area contributed by atoms with Gasteiger partial charge in [-0.05, 0) is 30.9 Å². The van der Waals surface area contributed by atoms with Gasteiger partial charge in [0.25, 0.3) is 0 Å². The maximum absolute atomic E-state index is 14.5. The highest BCUT2D eigenvalue weighted by molar-refractivity contribution is 5.83. The Morgan fingerprint density at radius 2 is 2.24 bits per heavy atom. The number of ether oxygens (including phenoxy) is 1. The number of rotatable bonds is 4. The first kappa shape index (κ1) is 21.7. The number of nitrogens with zero attached hydrogens (tertiary/aromatic N) is 5. The molecular weight excluding hydrogens is 446 g/mol. The highest BCUT2D eigenvalue weighted by atomic mass is 19.1. The monoisotopic (exact) mass is 467 g/mol. The lowest BCUT2D eigenvalue weighted by atomic mass is 9.94. The Hall–Kier alpha value is -4.08. The van der Waals surface area contributed by atoms with E-state index >= 15 is 0 Å². The first-order valence-electron chi connectivity index (χ1n) is 10.7. The lowest BCUT2D eigenvalue weighted by Gasteiger charge is -2.33. The van der Waals surface area contributed by atoms with Crippen LogP contribution in [0.15, 0.2) is 47.8 Å². The average molecular weight is 467 g/mol. The number of hydrazone groups is 1. The summed E-state index contributed by atoms with van der Waals surface area (Å²) < 4.78 is 35.2. The van der Waals surface area contributed by atoms with Gasteiger partial charge in [-0.25, -0.2) is 19.1 Å². The van der Waals surface area contributed by atoms with Crippen molar-refractivity contribution in [2.24, 2.45) is 11.0 Å². The fourth-order valence-electron chi connectivity index (χ4n) is 4.13. The molecule has 4 heterocycles. The van der Waals surface area contributed by atoms with Crippen molar-refractivity contribution >= 4 is 24.2 Å². The van der Waals surface area contributed by atoms with Crippen molar-refractivity contribution in [2.45, 2.75) is 25.4 Å². The van der Waals surface area contributed by atoms with E-state index in [0.717, 1.165) is 18.9 Å². The third-order valence-electron chi connectivity index (χ3n) is 5.99. The van der Waals surface area contributed by atoms with Crippen molar-refractivity contribution in [1.29, 1.82) is 5.26 Å². The minimum absolute atomic E-state index is 0.0329. The molecule has 0 bridgehead atoms. The predicted molar refractivity (Wildman–Crippen MR) is 116 cm³/mol. The molecule has 0 saturated carbocycles. The molecule has 12 heteroatoms. The van der Waals surface area contributed by atoms with E-state index in [0.29, 0.717) is 18.7 Å². The van der Waals surface area contributed by atoms with Gasteiger partial charge in [-0.15, -0.1) is 10.1 Å². The van der Waals surface area contributed by atoms with E-state index < -0.39 is 17.2 Å². The summed E-state index contributed by atoms with van der Waals surface area (Å²) in [5, 5.41) is 18.1. The van der Waals surface area contributed by atoms with E-state index in [9.17, 15) is 13.6 Å². The summed E-state index contributed by atoms with van der Waals surface area (Å²) in [4.78, 5) is 14.5. The molecule has 0 aromatic heterocycles. The quantitative estimate of drug-likeness (QED) is 0.571. The number of carbonyl (C=O) groups excluding carboxylic acids is 1. The normalized spacial score (nSPS) is 23.3. The highest BCUT2D eigenvalue weighted by Gasteiger charge is 2.31. The van der Waals surface area contributed by atoms with E-state index in [1.54, 1.807) is 29.9 Å². The molecule has 10 nitrogen and oxygen atoms in total. The Balaban J connectivity index is 1.21. The zero-order valence-corrected chi connectivity index (χ0v) is 17.9. The van der Waals surface area contributed by atoms with E-state index in [2.05, 4.69) is 21.5 Å². The van der Waals surface area contributed by atoms with E-state index in [1.807, 2.05) is 5.01 Å². The molecule has 1 unspecified atom stereocenters. The summed E-state index contributed by atoms with van der Waals surface area (Å²) in [7, 11) is 0. The lowest BCUT2D eigenvalue weighted by molar-refractivity contribution is -0.380. The van der Waals surface area contributed by atoms with Gasteiger partial charge in [-0.2, -0.15) is 10.4 Å². The van der Waals surface area contributed by atoms with Crippen molar-refractivity contribution in [1.82, 2.24) is 26.3 Å². The van der Waals surface area contributed by atoms with Gasteiger partial charge in [-0.1, -0.05) is 0 Å². The average Bonchev–Trinajstić information content (AvgIpc) is 3.39. The van der Waals surface area contributed by atoms with Crippen LogP contribution < -0.4 is 16.4 Å². The van der Waals surface area contributed by atoms with Crippen LogP contribution in [-0.2, 0) is 9.53 Å². The maximum atomic E-state index is 14.5. The highest BCUT2D eigenvalue weighted by Crippen LogP contribution is 2.29. The number of hydrogen-bond donors (Lipinski definition) is 3. The van der Waals surface area contributed by atoms with Gasteiger partial charge in [0.2, 0.25) is 6.21 Å². The molecule has 1 amide bonds. The van der Waals surface area contributed by atoms with Gasteiger partial charge in [-0.3, -0.25) is 10.3 Å². The van der Waals surface area contributed by atoms with E-state index in [4.69, 9.17) is 10.00 Å². The van der Waals surface area contributed by atoms with E-state index in [-0.39, 0.29) is 29.3 Å². The van der Waals surface area contributed by atoms with Crippen LogP contribution in [-0.4, -0.2) is 45.7 Å². The summed E-state index contributed by atoms with van der Waals surface area (Å²) in [6, 6.07) is 3.76. The van der Waals surface area contributed by atoms with Crippen molar-refractivity contribution in [3.63, 3.8) is 0 Å². The molecule has 4 aliphatic heterocycles. The molecule has 174 valence electrons. The number of halogens is 2. The van der Waals surface area contributed by atoms with Gasteiger partial charge < -0.3 is 9.64 Å². The number of fused-ring (bicyclic) bond motifs is 1. The molecule has 3 N–H and O–H groups in total. The second-order valence-electron chi connectivity index (χ2n) is 8.13. The van der Waals surface area contributed by atoms with Crippen molar-refractivity contribution in [2.75, 3.05) is 6.54 Å². The third-order valence-corrected chi connectivity index (χ3v) is 5.99. The zero-order chi connectivity index (χ0) is 23.7. The molecule has 1 aromatic rings. The minimum atomic E-state index is -0.986. The van der Waals surface area contributed by atoms with Crippen LogP contribution in [0.2, 0.25) is 0 Å². The summed E-state index contributed by atoms with van der Waals surface area (Å²) in [6.45, 7) is 0.706. The van der Waals surface area contributed by atoms with Crippen LogP contribution in [0.3, 0.4) is 0 Å². The predicted octanol–water partition coefficient (Wildman–Crippen LogP) is 1.39. The second kappa shape index (κ2) is 9.05. The van der Waals surface area contributed by atoms with Crippen molar-refractivity contribution in [3.05, 3.63) is 65.5 Å². The smallest absolute Gasteiger partial charge is 0.392 e. The molecule has 1 aromatic carbocycles. The standard InChI is InChI=1S/C22H21F2N8O2/c23-18-3-2-16(22(24)17(18)8-25)19-11-30-5-6-31(10-15(30)12-34-19)21(33)7-14-1-4-20(26-9-14)32-13-27-28-29-32/h2-3,5-6,10-14,20,26,28-29H,1,4,7,9H2/q+1/t14-,20?/m0/s1. The molecule has 0 radical (unpaired) electrons. The van der Waals surface area contributed by atoms with Gasteiger partial charge >= 0.3 is 5.91 Å². The second-order valence-corrected chi connectivity index (χ2v) is 8.13. The topological polar surface area (TPSA) is 108 Å². The Labute approximate surface area is 193 Å². The Morgan fingerprint density at radius 3 is 2.97 bits per heavy atom. The van der Waals surface area contributed by atoms with Crippen LogP contribution in [0.25, 0.3) is 5.76 Å². The molecule has 0 aliphatic carbocycles. The summed E-state index contributed by atoms with van der Waals surface area (Å²) in [5.74, 6) is -1.65. The molecule has 0 spiro atoms. The summed E-state index contributed by atoms with van der Waals surface area (Å²) in [6.07, 6.45) is 11.7. The molecular formula is C22H21F2N8O2+. The first-order chi connectivity index (χ1) is 16.5. The lowest BCUT2D eigenvalue weighted by Crippen LogP contribution is -2.54. The number of piperidine rings is 1. The molecule has 1 fully saturated rings. The van der Waals surface area contributed by atoms with E-state index in [1.165, 1.54) is 29.2 Å². The van der Waals surface area contributed by atoms with Gasteiger partial charge in [0.05, 0.1) is 30.5 Å². The fourth-order valence-corrected chi connectivity index (χ4v) is 4.13.